The van der Waals surface area contributed by atoms with Gasteiger partial charge in [0.05, 0.1) is 29.7 Å². The van der Waals surface area contributed by atoms with Crippen molar-refractivity contribution < 1.29 is 22.8 Å². The van der Waals surface area contributed by atoms with E-state index in [1.165, 1.54) is 31.4 Å². The number of ether oxygens (including phenoxy) is 1. The molecule has 3 aromatic rings. The number of rotatable bonds is 3. The van der Waals surface area contributed by atoms with E-state index in [0.717, 1.165) is 0 Å². The minimum Gasteiger partial charge on any atom is -0.465 e. The van der Waals surface area contributed by atoms with Gasteiger partial charge in [-0.2, -0.15) is 0 Å². The number of para-hydroxylation sites is 1. The summed E-state index contributed by atoms with van der Waals surface area (Å²) >= 11 is 0. The van der Waals surface area contributed by atoms with Crippen LogP contribution >= 0.6 is 0 Å². The Balaban J connectivity index is 2.23. The number of aromatic nitrogens is 1. The Morgan fingerprint density at radius 1 is 1.30 bits per heavy atom. The molecular formula is C16H12F2N2O3. The van der Waals surface area contributed by atoms with Crippen LogP contribution in [0.2, 0.25) is 0 Å². The van der Waals surface area contributed by atoms with Gasteiger partial charge in [-0.1, -0.05) is 17.3 Å². The van der Waals surface area contributed by atoms with Gasteiger partial charge in [0, 0.05) is 5.39 Å². The lowest BCUT2D eigenvalue weighted by atomic mass is 10.1. The molecule has 0 saturated heterocycles. The first-order chi connectivity index (χ1) is 11.0. The quantitative estimate of drug-likeness (QED) is 0.741. The molecule has 0 unspecified atom stereocenters. The molecule has 1 heterocycles. The zero-order valence-corrected chi connectivity index (χ0v) is 12.3. The van der Waals surface area contributed by atoms with Gasteiger partial charge in [-0.15, -0.1) is 0 Å². The number of benzene rings is 2. The third-order valence-electron chi connectivity index (χ3n) is 3.42. The van der Waals surface area contributed by atoms with Crippen LogP contribution in [0.4, 0.5) is 20.2 Å². The van der Waals surface area contributed by atoms with Crippen molar-refractivity contribution in [1.82, 2.24) is 5.16 Å². The Labute approximate surface area is 129 Å². The molecule has 0 radical (unpaired) electrons. The van der Waals surface area contributed by atoms with Gasteiger partial charge in [0.25, 0.3) is 0 Å². The molecule has 0 aliphatic rings. The fourth-order valence-corrected chi connectivity index (χ4v) is 2.24. The van der Waals surface area contributed by atoms with Crippen LogP contribution in [0.15, 0.2) is 34.9 Å². The van der Waals surface area contributed by atoms with Gasteiger partial charge in [0.2, 0.25) is 5.58 Å². The van der Waals surface area contributed by atoms with Crippen LogP contribution in [0, 0.1) is 18.6 Å². The molecule has 0 fully saturated rings. The van der Waals surface area contributed by atoms with Crippen LogP contribution in [0.3, 0.4) is 0 Å². The van der Waals surface area contributed by atoms with Crippen molar-refractivity contribution in [3.63, 3.8) is 0 Å². The number of hydrogen-bond donors (Lipinski definition) is 1. The summed E-state index contributed by atoms with van der Waals surface area (Å²) in [5.41, 5.74) is 0.0280. The molecule has 7 heteroatoms. The maximum atomic E-state index is 14.7. The van der Waals surface area contributed by atoms with Crippen molar-refractivity contribution in [1.29, 1.82) is 0 Å². The minimum atomic E-state index is -0.841. The number of halogens is 2. The summed E-state index contributed by atoms with van der Waals surface area (Å²) in [6.45, 7) is 1.62. The van der Waals surface area contributed by atoms with E-state index < -0.39 is 17.6 Å². The molecule has 0 aliphatic carbocycles. The van der Waals surface area contributed by atoms with E-state index in [2.05, 4.69) is 15.2 Å². The van der Waals surface area contributed by atoms with Gasteiger partial charge in [0.15, 0.2) is 5.82 Å². The first-order valence-electron chi connectivity index (χ1n) is 6.71. The van der Waals surface area contributed by atoms with Crippen LogP contribution in [-0.2, 0) is 4.74 Å². The predicted octanol–water partition coefficient (Wildman–Crippen LogP) is 3.94. The summed E-state index contributed by atoms with van der Waals surface area (Å²) in [4.78, 5) is 12.0. The summed E-state index contributed by atoms with van der Waals surface area (Å²) in [7, 11) is 1.18. The summed E-state index contributed by atoms with van der Waals surface area (Å²) in [5, 5.41) is 6.62. The molecule has 0 saturated carbocycles. The Bertz CT molecular complexity index is 906. The van der Waals surface area contributed by atoms with Gasteiger partial charge in [-0.05, 0) is 25.1 Å². The van der Waals surface area contributed by atoms with Crippen LogP contribution in [0.1, 0.15) is 16.1 Å². The molecule has 2 aromatic carbocycles. The number of carbonyl (C=O) groups excluding carboxylic acids is 1. The monoisotopic (exact) mass is 318 g/mol. The highest BCUT2D eigenvalue weighted by molar-refractivity contribution is 6.02. The first kappa shape index (κ1) is 15.0. The first-order valence-corrected chi connectivity index (χ1v) is 6.71. The summed E-state index contributed by atoms with van der Waals surface area (Å²) in [6.07, 6.45) is 0. The SMILES string of the molecule is COC(=O)c1cc2c(C)noc2c(F)c1Nc1ccccc1F. The predicted molar refractivity (Wildman–Crippen MR) is 79.7 cm³/mol. The summed E-state index contributed by atoms with van der Waals surface area (Å²) in [5.74, 6) is -2.19. The van der Waals surface area contributed by atoms with E-state index in [4.69, 9.17) is 4.52 Å². The molecule has 1 N–H and O–H groups in total. The number of anilines is 2. The van der Waals surface area contributed by atoms with Gasteiger partial charge < -0.3 is 14.6 Å². The zero-order valence-electron chi connectivity index (χ0n) is 12.3. The number of esters is 1. The van der Waals surface area contributed by atoms with Crippen molar-refractivity contribution >= 4 is 28.3 Å². The summed E-state index contributed by atoms with van der Waals surface area (Å²) < 4.78 is 38.2. The molecular weight excluding hydrogens is 306 g/mol. The average Bonchev–Trinajstić information content (AvgIpc) is 2.92. The number of hydrogen-bond acceptors (Lipinski definition) is 5. The Kier molecular flexibility index (Phi) is 3.69. The topological polar surface area (TPSA) is 64.4 Å². The maximum absolute atomic E-state index is 14.7. The minimum absolute atomic E-state index is 0.0205. The number of carbonyl (C=O) groups is 1. The van der Waals surface area contributed by atoms with E-state index in [1.54, 1.807) is 13.0 Å². The molecule has 23 heavy (non-hydrogen) atoms. The summed E-state index contributed by atoms with van der Waals surface area (Å²) in [6, 6.07) is 7.12. The third kappa shape index (κ3) is 2.50. The van der Waals surface area contributed by atoms with Gasteiger partial charge in [0.1, 0.15) is 5.82 Å². The number of nitrogens with zero attached hydrogens (tertiary/aromatic N) is 1. The lowest BCUT2D eigenvalue weighted by Gasteiger charge is -2.12. The second kappa shape index (κ2) is 5.68. The molecule has 1 aromatic heterocycles. The van der Waals surface area contributed by atoms with Crippen molar-refractivity contribution in [3.8, 4) is 0 Å². The largest absolute Gasteiger partial charge is 0.465 e. The molecule has 0 aliphatic heterocycles. The molecule has 0 atom stereocenters. The smallest absolute Gasteiger partial charge is 0.340 e. The Morgan fingerprint density at radius 2 is 2.04 bits per heavy atom. The fourth-order valence-electron chi connectivity index (χ4n) is 2.24. The van der Waals surface area contributed by atoms with Crippen molar-refractivity contribution in [2.24, 2.45) is 0 Å². The number of methoxy groups -OCH3 is 1. The Hall–Kier alpha value is -2.96. The van der Waals surface area contributed by atoms with Crippen LogP contribution in [0.5, 0.6) is 0 Å². The van der Waals surface area contributed by atoms with E-state index >= 15 is 0 Å². The van der Waals surface area contributed by atoms with Gasteiger partial charge >= 0.3 is 5.97 Å². The van der Waals surface area contributed by atoms with Crippen LogP contribution in [0.25, 0.3) is 11.0 Å². The number of aryl methyl sites for hydroxylation is 1. The number of nitrogens with one attached hydrogen (secondary N) is 1. The molecule has 0 bridgehead atoms. The fraction of sp³-hybridized carbons (Fsp3) is 0.125. The average molecular weight is 318 g/mol. The van der Waals surface area contributed by atoms with Crippen LogP contribution in [-0.4, -0.2) is 18.2 Å². The lowest BCUT2D eigenvalue weighted by Crippen LogP contribution is -2.08. The second-order valence-electron chi connectivity index (χ2n) is 4.85. The molecule has 0 spiro atoms. The van der Waals surface area contributed by atoms with E-state index in [-0.39, 0.29) is 22.5 Å². The maximum Gasteiger partial charge on any atom is 0.340 e. The van der Waals surface area contributed by atoms with Crippen molar-refractivity contribution in [2.75, 3.05) is 12.4 Å². The zero-order chi connectivity index (χ0) is 16.6. The van der Waals surface area contributed by atoms with Crippen molar-refractivity contribution in [3.05, 3.63) is 53.2 Å². The third-order valence-corrected chi connectivity index (χ3v) is 3.42. The molecule has 3 rings (SSSR count). The lowest BCUT2D eigenvalue weighted by molar-refractivity contribution is 0.0601. The van der Waals surface area contributed by atoms with Crippen LogP contribution < -0.4 is 5.32 Å². The Morgan fingerprint density at radius 3 is 2.74 bits per heavy atom. The highest BCUT2D eigenvalue weighted by Gasteiger charge is 2.23. The van der Waals surface area contributed by atoms with E-state index in [1.807, 2.05) is 0 Å². The normalized spacial score (nSPS) is 10.8. The standard InChI is InChI=1S/C16H12F2N2O3/c1-8-9-7-10(16(21)22-2)14(13(18)15(9)23-20-8)19-12-6-4-3-5-11(12)17/h3-7,19H,1-2H3. The van der Waals surface area contributed by atoms with E-state index in [0.29, 0.717) is 11.1 Å². The molecule has 0 amide bonds. The van der Waals surface area contributed by atoms with Gasteiger partial charge in [-0.3, -0.25) is 0 Å². The highest BCUT2D eigenvalue weighted by atomic mass is 19.1. The number of fused-ring (bicyclic) bond motifs is 1. The van der Waals surface area contributed by atoms with E-state index in [9.17, 15) is 13.6 Å². The molecule has 118 valence electrons. The van der Waals surface area contributed by atoms with Gasteiger partial charge in [-0.25, -0.2) is 13.6 Å². The molecule has 5 nitrogen and oxygen atoms in total. The van der Waals surface area contributed by atoms with Crippen molar-refractivity contribution in [2.45, 2.75) is 6.92 Å². The highest BCUT2D eigenvalue weighted by Crippen LogP contribution is 2.33. The second-order valence-corrected chi connectivity index (χ2v) is 4.85.